The number of carbonyl (C=O) groups is 6. The van der Waals surface area contributed by atoms with Crippen LogP contribution >= 0.6 is 69.9 Å². The molecule has 0 aliphatic carbocycles. The van der Waals surface area contributed by atoms with Gasteiger partial charge in [-0.2, -0.15) is 0 Å². The van der Waals surface area contributed by atoms with Crippen molar-refractivity contribution in [3.63, 3.8) is 0 Å². The van der Waals surface area contributed by atoms with Gasteiger partial charge in [0.05, 0.1) is 75.2 Å². The molecule has 8 rings (SSSR count). The summed E-state index contributed by atoms with van der Waals surface area (Å²) in [5.41, 5.74) is 10.6. The van der Waals surface area contributed by atoms with Gasteiger partial charge in [0.15, 0.2) is 0 Å². The molecule has 0 fully saturated rings. The summed E-state index contributed by atoms with van der Waals surface area (Å²) in [6.07, 6.45) is 2.90. The Morgan fingerprint density at radius 1 is 0.619 bits per heavy atom. The molecule has 0 radical (unpaired) electrons. The lowest BCUT2D eigenvalue weighted by Gasteiger charge is -2.14. The zero-order valence-corrected chi connectivity index (χ0v) is 37.8. The lowest BCUT2D eigenvalue weighted by Crippen LogP contribution is -2.29. The minimum absolute atomic E-state index is 0.119. The van der Waals surface area contributed by atoms with Crippen LogP contribution in [-0.2, 0) is 25.9 Å². The number of anilines is 2. The van der Waals surface area contributed by atoms with Crippen molar-refractivity contribution in [3.8, 4) is 0 Å². The van der Waals surface area contributed by atoms with Crippen LogP contribution < -0.4 is 16.4 Å². The van der Waals surface area contributed by atoms with Crippen molar-refractivity contribution in [2.24, 2.45) is 5.73 Å². The number of carbonyl (C=O) groups excluding carboxylic acids is 6. The van der Waals surface area contributed by atoms with Crippen molar-refractivity contribution in [2.75, 3.05) is 16.9 Å². The number of halogens is 2. The minimum atomic E-state index is -0.452. The van der Waals surface area contributed by atoms with E-state index in [9.17, 15) is 28.8 Å². The quantitative estimate of drug-likeness (QED) is 0.0402. The Kier molecular flexibility index (Phi) is 14.0. The van der Waals surface area contributed by atoms with Crippen LogP contribution in [0.1, 0.15) is 83.0 Å². The van der Waals surface area contributed by atoms with Crippen molar-refractivity contribution >= 4 is 127 Å². The third-order valence-corrected chi connectivity index (χ3v) is 13.0. The van der Waals surface area contributed by atoms with E-state index < -0.39 is 29.5 Å². The number of hydrogen-bond acceptors (Lipinski definition) is 11. The number of thiophene rings is 2. The molecule has 6 amide bonds. The van der Waals surface area contributed by atoms with Gasteiger partial charge in [0.25, 0.3) is 35.4 Å². The van der Waals surface area contributed by atoms with Crippen LogP contribution in [0.2, 0.25) is 8.67 Å². The maximum Gasteiger partial charge on any atom is 0.265 e. The number of benzene rings is 4. The van der Waals surface area contributed by atoms with Crippen LogP contribution in [0.25, 0.3) is 0 Å². The summed E-state index contributed by atoms with van der Waals surface area (Å²) in [5, 5.41) is 13.8. The lowest BCUT2D eigenvalue weighted by atomic mass is 10.1. The fourth-order valence-electron chi connectivity index (χ4n) is 6.75. The summed E-state index contributed by atoms with van der Waals surface area (Å²) in [6.45, 7) is 0.244. The first-order valence-electron chi connectivity index (χ1n) is 18.9. The second-order valence-corrected chi connectivity index (χ2v) is 18.9. The number of thioether (sulfide) groups is 1. The largest absolute Gasteiger partial charge is 0.393 e. The molecule has 2 aliphatic rings. The molecule has 18 heteroatoms. The molecule has 2 aromatic heterocycles. The maximum atomic E-state index is 13.1. The van der Waals surface area contributed by atoms with Gasteiger partial charge < -0.3 is 16.4 Å². The van der Waals surface area contributed by atoms with Gasteiger partial charge in [0.1, 0.15) is 0 Å². The van der Waals surface area contributed by atoms with E-state index in [1.165, 1.54) is 21.6 Å². The van der Waals surface area contributed by atoms with Gasteiger partial charge in [0, 0.05) is 12.8 Å². The molecular formula is C45H34Cl2N6O6S4. The van der Waals surface area contributed by atoms with Crippen LogP contribution in [0.5, 0.6) is 0 Å². The Labute approximate surface area is 388 Å². The summed E-state index contributed by atoms with van der Waals surface area (Å²) < 4.78 is 0.974. The molecule has 0 spiro atoms. The number of nitrogens with one attached hydrogen (secondary N) is 3. The Morgan fingerprint density at radius 2 is 1.02 bits per heavy atom. The van der Waals surface area contributed by atoms with Crippen LogP contribution in [0.15, 0.2) is 109 Å². The minimum Gasteiger partial charge on any atom is -0.393 e. The number of nitrogens with zero attached hydrogens (tertiary/aromatic N) is 2. The van der Waals surface area contributed by atoms with Crippen molar-refractivity contribution in [2.45, 2.75) is 25.9 Å². The monoisotopic (exact) mass is 952 g/mol. The standard InChI is InChI=1S/C23H18ClN3O3S2.C22H16ClN3O3S2/c1-31-19(25)11-13-5-7-14(8-6-13)12-27-22(29)15-3-2-4-16(20(15)23(27)30)26-21(28)17-9-10-18(24)32-17;23-17-9-8-16(31-17)20(27)25-15-3-1-2-14-19(15)22(29)26(21(14)28)11-13-6-4-12(5-7-13)10-18(24)30/h2-10,25H,11-12H2,1H3,(H,26,28);1-9H,10-11H2,(H2,24,30)(H,25,27). The number of fused-ring (bicyclic) bond motifs is 2. The molecule has 12 nitrogen and oxygen atoms in total. The van der Waals surface area contributed by atoms with E-state index in [1.54, 1.807) is 60.7 Å². The van der Waals surface area contributed by atoms with Crippen LogP contribution in [0.3, 0.4) is 0 Å². The molecule has 318 valence electrons. The van der Waals surface area contributed by atoms with Gasteiger partial charge in [-0.25, -0.2) is 0 Å². The summed E-state index contributed by atoms with van der Waals surface area (Å²) in [5.74, 6) is -2.47. The molecule has 63 heavy (non-hydrogen) atoms. The van der Waals surface area contributed by atoms with Gasteiger partial charge in [0.2, 0.25) is 0 Å². The predicted molar refractivity (Wildman–Crippen MR) is 254 cm³/mol. The van der Waals surface area contributed by atoms with Gasteiger partial charge in [-0.15, -0.1) is 34.4 Å². The number of hydrogen-bond donors (Lipinski definition) is 4. The Morgan fingerprint density at radius 3 is 1.38 bits per heavy atom. The molecule has 4 aromatic carbocycles. The molecule has 0 atom stereocenters. The first-order valence-corrected chi connectivity index (χ1v) is 22.9. The number of rotatable bonds is 12. The van der Waals surface area contributed by atoms with Crippen LogP contribution in [-0.4, -0.2) is 61.5 Å². The topological polar surface area (TPSA) is 183 Å². The highest BCUT2D eigenvalue weighted by molar-refractivity contribution is 8.13. The second kappa shape index (κ2) is 19.6. The molecule has 5 N–H and O–H groups in total. The van der Waals surface area contributed by atoms with Crippen molar-refractivity contribution < 1.29 is 28.8 Å². The van der Waals surface area contributed by atoms with Gasteiger partial charge in [-0.3, -0.25) is 44.0 Å². The first-order chi connectivity index (χ1) is 30.2. The Balaban J connectivity index is 0.000000189. The van der Waals surface area contributed by atoms with E-state index in [0.717, 1.165) is 44.9 Å². The van der Waals surface area contributed by atoms with E-state index in [-0.39, 0.29) is 41.3 Å². The molecule has 0 bridgehead atoms. The highest BCUT2D eigenvalue weighted by Crippen LogP contribution is 2.33. The van der Waals surface area contributed by atoms with Gasteiger partial charge in [-0.05, 0) is 77.0 Å². The average molecular weight is 954 g/mol. The maximum absolute atomic E-state index is 13.1. The van der Waals surface area contributed by atoms with E-state index in [4.69, 9.17) is 46.6 Å². The summed E-state index contributed by atoms with van der Waals surface area (Å²) in [6, 6.07) is 31.0. The average Bonchev–Trinajstić information content (AvgIpc) is 4.02. The normalized spacial score (nSPS) is 12.7. The molecule has 0 unspecified atom stereocenters. The van der Waals surface area contributed by atoms with Crippen LogP contribution in [0.4, 0.5) is 11.4 Å². The number of imide groups is 2. The molecular weight excluding hydrogens is 920 g/mol. The number of amides is 6. The SMILES string of the molecule is CSC(=N)Cc1ccc(CN2C(=O)c3cccc(NC(=O)c4ccc(Cl)s4)c3C2=O)cc1.NC(=S)Cc1ccc(CN2C(=O)c3cccc(NC(=O)c4ccc(Cl)s4)c3C2=O)cc1. The van der Waals surface area contributed by atoms with Gasteiger partial charge >= 0.3 is 0 Å². The summed E-state index contributed by atoms with van der Waals surface area (Å²) >= 11 is 20.4. The van der Waals surface area contributed by atoms with E-state index in [1.807, 2.05) is 54.8 Å². The molecule has 4 heterocycles. The summed E-state index contributed by atoms with van der Waals surface area (Å²) in [7, 11) is 0. The number of thiocarbonyl (C=S) groups is 1. The highest BCUT2D eigenvalue weighted by atomic mass is 35.5. The molecule has 6 aromatic rings. The van der Waals surface area contributed by atoms with Crippen molar-refractivity contribution in [1.82, 2.24) is 9.80 Å². The third kappa shape index (κ3) is 10.3. The lowest BCUT2D eigenvalue weighted by molar-refractivity contribution is 0.0627. The van der Waals surface area contributed by atoms with E-state index in [2.05, 4.69) is 10.6 Å². The van der Waals surface area contributed by atoms with Crippen molar-refractivity contribution in [3.05, 3.63) is 172 Å². The first kappa shape index (κ1) is 45.0. The fourth-order valence-corrected chi connectivity index (χ4v) is 9.11. The second-order valence-electron chi connectivity index (χ2n) is 14.0. The number of nitrogens with two attached hydrogens (primary N) is 1. The fraction of sp³-hybridized carbons (Fsp3) is 0.111. The zero-order chi connectivity index (χ0) is 44.9. The summed E-state index contributed by atoms with van der Waals surface area (Å²) in [4.78, 5) is 80.6. The Bertz CT molecular complexity index is 2840. The zero-order valence-electron chi connectivity index (χ0n) is 33.0. The predicted octanol–water partition coefficient (Wildman–Crippen LogP) is 9.61. The smallest absolute Gasteiger partial charge is 0.265 e. The van der Waals surface area contributed by atoms with Gasteiger partial charge in [-0.1, -0.05) is 96.1 Å². The van der Waals surface area contributed by atoms with Crippen LogP contribution in [0, 0.1) is 5.41 Å². The van der Waals surface area contributed by atoms with E-state index >= 15 is 0 Å². The Hall–Kier alpha value is -6.01. The van der Waals surface area contributed by atoms with Crippen molar-refractivity contribution in [1.29, 1.82) is 5.41 Å². The third-order valence-electron chi connectivity index (χ3n) is 9.81. The van der Waals surface area contributed by atoms with E-state index in [0.29, 0.717) is 52.7 Å². The highest BCUT2D eigenvalue weighted by Gasteiger charge is 2.39. The molecule has 2 aliphatic heterocycles. The molecule has 0 saturated heterocycles. The molecule has 0 saturated carbocycles.